The van der Waals surface area contributed by atoms with Crippen LogP contribution >= 0.6 is 0 Å². The van der Waals surface area contributed by atoms with Crippen LogP contribution in [0.25, 0.3) is 0 Å². The first-order chi connectivity index (χ1) is 9.25. The minimum absolute atomic E-state index is 0.824. The Hall–Kier alpha value is -0.860. The second-order valence-corrected chi connectivity index (χ2v) is 6.06. The summed E-state index contributed by atoms with van der Waals surface area (Å²) in [6.45, 7) is 3.14. The molecule has 1 N–H and O–H groups in total. The molecule has 2 heteroatoms. The van der Waals surface area contributed by atoms with Gasteiger partial charge in [-0.05, 0) is 44.0 Å². The summed E-state index contributed by atoms with van der Waals surface area (Å²) in [7, 11) is 4.22. The molecule has 1 saturated carbocycles. The van der Waals surface area contributed by atoms with E-state index < -0.39 is 0 Å². The number of nitrogens with zero attached hydrogens (tertiary/aromatic N) is 1. The molecule has 1 aromatic rings. The van der Waals surface area contributed by atoms with Crippen molar-refractivity contribution in [2.45, 2.75) is 44.6 Å². The van der Waals surface area contributed by atoms with Crippen LogP contribution in [0.2, 0.25) is 0 Å². The zero-order valence-electron chi connectivity index (χ0n) is 12.5. The normalized spacial score (nSPS) is 17.0. The average molecular weight is 260 g/mol. The van der Waals surface area contributed by atoms with Crippen LogP contribution in [-0.4, -0.2) is 32.1 Å². The first-order valence-corrected chi connectivity index (χ1v) is 7.70. The molecule has 0 spiro atoms. The summed E-state index contributed by atoms with van der Waals surface area (Å²) in [5.41, 5.74) is 2.95. The van der Waals surface area contributed by atoms with Gasteiger partial charge in [-0.3, -0.25) is 0 Å². The largest absolute Gasteiger partial charge is 0.311 e. The Bertz CT molecular complexity index is 350. The van der Waals surface area contributed by atoms with Gasteiger partial charge < -0.3 is 10.2 Å². The van der Waals surface area contributed by atoms with Gasteiger partial charge in [0.1, 0.15) is 0 Å². The highest BCUT2D eigenvalue weighted by Crippen LogP contribution is 2.32. The Morgan fingerprint density at radius 2 is 1.74 bits per heavy atom. The van der Waals surface area contributed by atoms with E-state index in [0.717, 1.165) is 25.6 Å². The number of hydrogen-bond acceptors (Lipinski definition) is 2. The molecule has 1 aromatic carbocycles. The van der Waals surface area contributed by atoms with E-state index in [-0.39, 0.29) is 0 Å². The van der Waals surface area contributed by atoms with Crippen LogP contribution in [-0.2, 0) is 6.54 Å². The topological polar surface area (TPSA) is 15.3 Å². The zero-order chi connectivity index (χ0) is 13.5. The summed E-state index contributed by atoms with van der Waals surface area (Å²) in [6.07, 6.45) is 7.04. The maximum absolute atomic E-state index is 3.49. The lowest BCUT2D eigenvalue weighted by Gasteiger charge is -2.22. The average Bonchev–Trinajstić information content (AvgIpc) is 2.45. The summed E-state index contributed by atoms with van der Waals surface area (Å²) in [5, 5.41) is 3.49. The fourth-order valence-electron chi connectivity index (χ4n) is 2.88. The Morgan fingerprint density at radius 1 is 1.05 bits per heavy atom. The standard InChI is InChI=1S/C17H28N2/c1-19(2)13-12-18-14-15-8-10-17(11-9-15)16-6-4-3-5-7-16/h8-11,16,18H,3-7,12-14H2,1-2H3. The highest BCUT2D eigenvalue weighted by atomic mass is 15.1. The van der Waals surface area contributed by atoms with Crippen LogP contribution in [0.4, 0.5) is 0 Å². The predicted molar refractivity (Wildman–Crippen MR) is 82.5 cm³/mol. The van der Waals surface area contributed by atoms with Gasteiger partial charge in [0.05, 0.1) is 0 Å². The summed E-state index contributed by atoms with van der Waals surface area (Å²) in [6, 6.07) is 9.29. The Labute approximate surface area is 118 Å². The van der Waals surface area contributed by atoms with Gasteiger partial charge in [0, 0.05) is 19.6 Å². The van der Waals surface area contributed by atoms with Gasteiger partial charge >= 0.3 is 0 Å². The second kappa shape index (κ2) is 7.66. The quantitative estimate of drug-likeness (QED) is 0.789. The van der Waals surface area contributed by atoms with E-state index >= 15 is 0 Å². The van der Waals surface area contributed by atoms with Crippen molar-refractivity contribution in [2.24, 2.45) is 0 Å². The minimum atomic E-state index is 0.824. The third kappa shape index (κ3) is 4.96. The minimum Gasteiger partial charge on any atom is -0.311 e. The monoisotopic (exact) mass is 260 g/mol. The smallest absolute Gasteiger partial charge is 0.0206 e. The summed E-state index contributed by atoms with van der Waals surface area (Å²) in [4.78, 5) is 2.21. The van der Waals surface area contributed by atoms with Gasteiger partial charge in [-0.1, -0.05) is 43.5 Å². The molecule has 2 nitrogen and oxygen atoms in total. The molecule has 1 aliphatic carbocycles. The molecule has 0 heterocycles. The van der Waals surface area contributed by atoms with Gasteiger partial charge in [0.25, 0.3) is 0 Å². The van der Waals surface area contributed by atoms with E-state index in [2.05, 4.69) is 48.6 Å². The summed E-state index contributed by atoms with van der Waals surface area (Å²) >= 11 is 0. The van der Waals surface area contributed by atoms with Crippen molar-refractivity contribution < 1.29 is 0 Å². The van der Waals surface area contributed by atoms with E-state index in [1.807, 2.05) is 0 Å². The molecular weight excluding hydrogens is 232 g/mol. The van der Waals surface area contributed by atoms with Gasteiger partial charge in [-0.25, -0.2) is 0 Å². The predicted octanol–water partition coefficient (Wildman–Crippen LogP) is 3.39. The first kappa shape index (κ1) is 14.5. The van der Waals surface area contributed by atoms with Gasteiger partial charge in [-0.2, -0.15) is 0 Å². The summed E-state index contributed by atoms with van der Waals surface area (Å²) < 4.78 is 0. The van der Waals surface area contributed by atoms with Gasteiger partial charge in [0.15, 0.2) is 0 Å². The third-order valence-electron chi connectivity index (χ3n) is 4.12. The lowest BCUT2D eigenvalue weighted by atomic mass is 9.84. The molecule has 0 unspecified atom stereocenters. The molecule has 0 aromatic heterocycles. The van der Waals surface area contributed by atoms with Gasteiger partial charge in [0.2, 0.25) is 0 Å². The van der Waals surface area contributed by atoms with Crippen molar-refractivity contribution in [1.82, 2.24) is 10.2 Å². The van der Waals surface area contributed by atoms with Crippen LogP contribution in [0.5, 0.6) is 0 Å². The van der Waals surface area contributed by atoms with E-state index in [9.17, 15) is 0 Å². The van der Waals surface area contributed by atoms with Crippen molar-refractivity contribution in [3.63, 3.8) is 0 Å². The number of likely N-dealkylation sites (N-methyl/N-ethyl adjacent to an activating group) is 1. The highest BCUT2D eigenvalue weighted by Gasteiger charge is 2.14. The fourth-order valence-corrected chi connectivity index (χ4v) is 2.88. The lowest BCUT2D eigenvalue weighted by Crippen LogP contribution is -2.26. The van der Waals surface area contributed by atoms with E-state index in [1.54, 1.807) is 5.56 Å². The Balaban J connectivity index is 1.77. The summed E-state index contributed by atoms with van der Waals surface area (Å²) in [5.74, 6) is 0.824. The number of nitrogens with one attached hydrogen (secondary N) is 1. The molecule has 1 aliphatic rings. The molecule has 0 bridgehead atoms. The third-order valence-corrected chi connectivity index (χ3v) is 4.12. The van der Waals surface area contributed by atoms with Gasteiger partial charge in [-0.15, -0.1) is 0 Å². The molecule has 0 saturated heterocycles. The number of hydrogen-bond donors (Lipinski definition) is 1. The molecule has 106 valence electrons. The van der Waals surface area contributed by atoms with Crippen molar-refractivity contribution in [1.29, 1.82) is 0 Å². The molecule has 0 radical (unpaired) electrons. The Morgan fingerprint density at radius 3 is 2.37 bits per heavy atom. The van der Waals surface area contributed by atoms with E-state index in [4.69, 9.17) is 0 Å². The molecule has 0 atom stereocenters. The van der Waals surface area contributed by atoms with Crippen molar-refractivity contribution in [2.75, 3.05) is 27.2 Å². The molecule has 2 rings (SSSR count). The van der Waals surface area contributed by atoms with Crippen molar-refractivity contribution in [3.8, 4) is 0 Å². The zero-order valence-corrected chi connectivity index (χ0v) is 12.5. The fraction of sp³-hybridized carbons (Fsp3) is 0.647. The molecular formula is C17H28N2. The lowest BCUT2D eigenvalue weighted by molar-refractivity contribution is 0.400. The maximum atomic E-state index is 3.49. The van der Waals surface area contributed by atoms with Crippen molar-refractivity contribution in [3.05, 3.63) is 35.4 Å². The SMILES string of the molecule is CN(C)CCNCc1ccc(C2CCCCC2)cc1. The van der Waals surface area contributed by atoms with E-state index in [0.29, 0.717) is 0 Å². The second-order valence-electron chi connectivity index (χ2n) is 6.06. The molecule has 0 aliphatic heterocycles. The van der Waals surface area contributed by atoms with Crippen LogP contribution in [0.3, 0.4) is 0 Å². The van der Waals surface area contributed by atoms with Crippen LogP contribution in [0, 0.1) is 0 Å². The first-order valence-electron chi connectivity index (χ1n) is 7.70. The molecule has 0 amide bonds. The van der Waals surface area contributed by atoms with Crippen LogP contribution < -0.4 is 5.32 Å². The van der Waals surface area contributed by atoms with E-state index in [1.165, 1.54) is 37.7 Å². The maximum Gasteiger partial charge on any atom is 0.0206 e. The highest BCUT2D eigenvalue weighted by molar-refractivity contribution is 5.25. The van der Waals surface area contributed by atoms with Crippen LogP contribution in [0.15, 0.2) is 24.3 Å². The molecule has 19 heavy (non-hydrogen) atoms. The number of benzene rings is 1. The molecule has 1 fully saturated rings. The van der Waals surface area contributed by atoms with Crippen molar-refractivity contribution >= 4 is 0 Å². The number of rotatable bonds is 6. The van der Waals surface area contributed by atoms with Crippen LogP contribution in [0.1, 0.15) is 49.1 Å². The Kier molecular flexibility index (Phi) is 5.87.